The summed E-state index contributed by atoms with van der Waals surface area (Å²) in [5, 5.41) is 7.52. The van der Waals surface area contributed by atoms with Crippen LogP contribution in [0.15, 0.2) is 70.7 Å². The maximum absolute atomic E-state index is 12.2. The van der Waals surface area contributed by atoms with E-state index in [-0.39, 0.29) is 11.8 Å². The standard InChI is InChI=1S/C19H16N2O3S/c22-18(10-9-14-5-3-11-24-14)20-16-7-1-2-8-17(16)21-19(23)13-15-6-4-12-25-15/h1-12H,13H2,(H,20,22)(H,21,23). The molecule has 2 heterocycles. The number of furan rings is 1. The Kier molecular flexibility index (Phi) is 5.43. The minimum atomic E-state index is -0.309. The van der Waals surface area contributed by atoms with Crippen molar-refractivity contribution in [1.29, 1.82) is 0 Å². The van der Waals surface area contributed by atoms with Gasteiger partial charge in [-0.25, -0.2) is 0 Å². The lowest BCUT2D eigenvalue weighted by Crippen LogP contribution is -2.16. The fourth-order valence-corrected chi connectivity index (χ4v) is 2.89. The lowest BCUT2D eigenvalue weighted by molar-refractivity contribution is -0.115. The van der Waals surface area contributed by atoms with Crippen LogP contribution in [-0.2, 0) is 16.0 Å². The Morgan fingerprint density at radius 1 is 1.00 bits per heavy atom. The monoisotopic (exact) mass is 352 g/mol. The average Bonchev–Trinajstić information content (AvgIpc) is 3.28. The van der Waals surface area contributed by atoms with Crippen LogP contribution in [0.4, 0.5) is 11.4 Å². The summed E-state index contributed by atoms with van der Waals surface area (Å²) in [5.41, 5.74) is 1.10. The second-order valence-electron chi connectivity index (χ2n) is 5.19. The van der Waals surface area contributed by atoms with Crippen LogP contribution in [0.5, 0.6) is 0 Å². The third-order valence-corrected chi connectivity index (χ3v) is 4.19. The fourth-order valence-electron chi connectivity index (χ4n) is 2.19. The van der Waals surface area contributed by atoms with E-state index < -0.39 is 0 Å². The smallest absolute Gasteiger partial charge is 0.248 e. The van der Waals surface area contributed by atoms with E-state index in [4.69, 9.17) is 4.42 Å². The van der Waals surface area contributed by atoms with E-state index in [9.17, 15) is 9.59 Å². The van der Waals surface area contributed by atoms with Gasteiger partial charge in [-0.1, -0.05) is 18.2 Å². The van der Waals surface area contributed by atoms with Gasteiger partial charge in [0.15, 0.2) is 0 Å². The van der Waals surface area contributed by atoms with Crippen molar-refractivity contribution in [2.24, 2.45) is 0 Å². The van der Waals surface area contributed by atoms with Crippen LogP contribution < -0.4 is 10.6 Å². The van der Waals surface area contributed by atoms with Gasteiger partial charge >= 0.3 is 0 Å². The van der Waals surface area contributed by atoms with Crippen molar-refractivity contribution in [3.8, 4) is 0 Å². The molecule has 0 atom stereocenters. The Balaban J connectivity index is 1.64. The maximum Gasteiger partial charge on any atom is 0.248 e. The van der Waals surface area contributed by atoms with E-state index >= 15 is 0 Å². The molecule has 0 radical (unpaired) electrons. The molecular formula is C19H16N2O3S. The molecule has 0 aliphatic heterocycles. The molecule has 2 aromatic heterocycles. The largest absolute Gasteiger partial charge is 0.465 e. The van der Waals surface area contributed by atoms with Gasteiger partial charge in [-0.3, -0.25) is 9.59 Å². The van der Waals surface area contributed by atoms with E-state index in [1.165, 1.54) is 23.7 Å². The van der Waals surface area contributed by atoms with Gasteiger partial charge in [0.25, 0.3) is 0 Å². The molecule has 0 spiro atoms. The molecule has 3 aromatic rings. The van der Waals surface area contributed by atoms with E-state index in [0.29, 0.717) is 23.6 Å². The van der Waals surface area contributed by atoms with Gasteiger partial charge in [0.2, 0.25) is 11.8 Å². The zero-order chi connectivity index (χ0) is 17.5. The molecule has 0 saturated heterocycles. The fraction of sp³-hybridized carbons (Fsp3) is 0.0526. The third-order valence-electron chi connectivity index (χ3n) is 3.32. The summed E-state index contributed by atoms with van der Waals surface area (Å²) in [5.74, 6) is 0.152. The quantitative estimate of drug-likeness (QED) is 0.654. The van der Waals surface area contributed by atoms with E-state index in [2.05, 4.69) is 10.6 Å². The molecule has 0 bridgehead atoms. The summed E-state index contributed by atoms with van der Waals surface area (Å²) in [6, 6.07) is 14.4. The lowest BCUT2D eigenvalue weighted by Gasteiger charge is -2.11. The highest BCUT2D eigenvalue weighted by Gasteiger charge is 2.09. The number of carbonyl (C=O) groups excluding carboxylic acids is 2. The summed E-state index contributed by atoms with van der Waals surface area (Å²) in [4.78, 5) is 25.2. The van der Waals surface area contributed by atoms with E-state index in [1.54, 1.807) is 42.5 Å². The number of thiophene rings is 1. The topological polar surface area (TPSA) is 71.3 Å². The van der Waals surface area contributed by atoms with Gasteiger partial charge in [-0.2, -0.15) is 0 Å². The first-order valence-corrected chi connectivity index (χ1v) is 8.52. The first kappa shape index (κ1) is 16.7. The molecule has 25 heavy (non-hydrogen) atoms. The molecule has 0 aliphatic rings. The molecular weight excluding hydrogens is 336 g/mol. The second kappa shape index (κ2) is 8.12. The number of rotatable bonds is 6. The van der Waals surface area contributed by atoms with Crippen LogP contribution >= 0.6 is 11.3 Å². The Morgan fingerprint density at radius 2 is 1.80 bits per heavy atom. The van der Waals surface area contributed by atoms with Gasteiger partial charge in [0.05, 0.1) is 24.1 Å². The number of anilines is 2. The van der Waals surface area contributed by atoms with Crippen molar-refractivity contribution >= 4 is 40.6 Å². The number of hydrogen-bond acceptors (Lipinski definition) is 4. The highest BCUT2D eigenvalue weighted by Crippen LogP contribution is 2.21. The van der Waals surface area contributed by atoms with E-state index in [0.717, 1.165) is 4.88 Å². The van der Waals surface area contributed by atoms with Crippen molar-refractivity contribution in [1.82, 2.24) is 0 Å². The summed E-state index contributed by atoms with van der Waals surface area (Å²) in [6.45, 7) is 0. The van der Waals surface area contributed by atoms with Crippen molar-refractivity contribution in [3.63, 3.8) is 0 Å². The molecule has 2 N–H and O–H groups in total. The SMILES string of the molecule is O=C(C=Cc1ccco1)Nc1ccccc1NC(=O)Cc1cccs1. The number of carbonyl (C=O) groups is 2. The second-order valence-corrected chi connectivity index (χ2v) is 6.22. The van der Waals surface area contributed by atoms with Crippen molar-refractivity contribution in [3.05, 3.63) is 76.9 Å². The molecule has 0 unspecified atom stereocenters. The van der Waals surface area contributed by atoms with Crippen LogP contribution in [0.3, 0.4) is 0 Å². The molecule has 126 valence electrons. The molecule has 5 nitrogen and oxygen atoms in total. The molecule has 0 aliphatic carbocycles. The van der Waals surface area contributed by atoms with Crippen molar-refractivity contribution < 1.29 is 14.0 Å². The van der Waals surface area contributed by atoms with Gasteiger partial charge < -0.3 is 15.1 Å². The minimum Gasteiger partial charge on any atom is -0.465 e. The average molecular weight is 352 g/mol. The van der Waals surface area contributed by atoms with Crippen LogP contribution in [0.1, 0.15) is 10.6 Å². The predicted molar refractivity (Wildman–Crippen MR) is 99.5 cm³/mol. The molecule has 0 fully saturated rings. The maximum atomic E-state index is 12.2. The summed E-state index contributed by atoms with van der Waals surface area (Å²) in [6.07, 6.45) is 4.80. The summed E-state index contributed by atoms with van der Waals surface area (Å²) >= 11 is 1.53. The number of para-hydroxylation sites is 2. The molecule has 3 rings (SSSR count). The summed E-state index contributed by atoms with van der Waals surface area (Å²) < 4.78 is 5.14. The zero-order valence-electron chi connectivity index (χ0n) is 13.3. The highest BCUT2D eigenvalue weighted by molar-refractivity contribution is 7.10. The van der Waals surface area contributed by atoms with Crippen LogP contribution in [0, 0.1) is 0 Å². The summed E-state index contributed by atoms with van der Waals surface area (Å²) in [7, 11) is 0. The molecule has 6 heteroatoms. The Labute approximate surface area is 149 Å². The first-order valence-electron chi connectivity index (χ1n) is 7.64. The molecule has 2 amide bonds. The normalized spacial score (nSPS) is 10.7. The van der Waals surface area contributed by atoms with Crippen LogP contribution in [-0.4, -0.2) is 11.8 Å². The first-order chi connectivity index (χ1) is 12.2. The van der Waals surface area contributed by atoms with Gasteiger partial charge in [0.1, 0.15) is 5.76 Å². The number of amides is 2. The molecule has 0 saturated carbocycles. The zero-order valence-corrected chi connectivity index (χ0v) is 14.1. The van der Waals surface area contributed by atoms with Crippen molar-refractivity contribution in [2.75, 3.05) is 10.6 Å². The predicted octanol–water partition coefficient (Wildman–Crippen LogP) is 4.17. The number of hydrogen-bond donors (Lipinski definition) is 2. The minimum absolute atomic E-state index is 0.129. The van der Waals surface area contributed by atoms with Crippen LogP contribution in [0.25, 0.3) is 6.08 Å². The van der Waals surface area contributed by atoms with Gasteiger partial charge in [-0.05, 0) is 41.8 Å². The number of benzene rings is 1. The van der Waals surface area contributed by atoms with Crippen molar-refractivity contribution in [2.45, 2.75) is 6.42 Å². The Hall–Kier alpha value is -3.12. The lowest BCUT2D eigenvalue weighted by atomic mass is 10.2. The Morgan fingerprint density at radius 3 is 2.48 bits per heavy atom. The highest BCUT2D eigenvalue weighted by atomic mass is 32.1. The van der Waals surface area contributed by atoms with Gasteiger partial charge in [-0.15, -0.1) is 11.3 Å². The number of nitrogens with one attached hydrogen (secondary N) is 2. The van der Waals surface area contributed by atoms with Gasteiger partial charge in [0, 0.05) is 11.0 Å². The van der Waals surface area contributed by atoms with Crippen LogP contribution in [0.2, 0.25) is 0 Å². The molecule has 1 aromatic carbocycles. The van der Waals surface area contributed by atoms with E-state index in [1.807, 2.05) is 17.5 Å². The third kappa shape index (κ3) is 4.92. The Bertz CT molecular complexity index is 868.